The van der Waals surface area contributed by atoms with Crippen LogP contribution >= 0.6 is 0 Å². The van der Waals surface area contributed by atoms with Gasteiger partial charge >= 0.3 is 0 Å². The molecular weight excluding hydrogens is 371 g/mol. The molecule has 0 saturated heterocycles. The summed E-state index contributed by atoms with van der Waals surface area (Å²) in [7, 11) is 0. The van der Waals surface area contributed by atoms with Gasteiger partial charge in [0.1, 0.15) is 17.2 Å². The molecule has 0 radical (unpaired) electrons. The van der Waals surface area contributed by atoms with E-state index in [0.717, 1.165) is 18.8 Å². The molecule has 1 aliphatic rings. The molecule has 2 heterocycles. The molecule has 1 aromatic carbocycles. The SMILES string of the molecule is C[C@H]1CC[C@@](C)(c2cc(NC(=O)c3cnc(C(F)F)cn3)ccc2F)N=C1N. The number of nitrogens with one attached hydrogen (secondary N) is 1. The number of nitrogens with two attached hydrogens (primary N) is 1. The molecule has 0 unspecified atom stereocenters. The summed E-state index contributed by atoms with van der Waals surface area (Å²) >= 11 is 0. The summed E-state index contributed by atoms with van der Waals surface area (Å²) in [5.41, 5.74) is 5.13. The fourth-order valence-electron chi connectivity index (χ4n) is 3.07. The number of aromatic nitrogens is 2. The maximum absolute atomic E-state index is 14.5. The smallest absolute Gasteiger partial charge is 0.281 e. The van der Waals surface area contributed by atoms with Crippen LogP contribution in [0.2, 0.25) is 0 Å². The number of nitrogens with zero attached hydrogens (tertiary/aromatic N) is 3. The normalized spacial score (nSPS) is 22.1. The highest BCUT2D eigenvalue weighted by Gasteiger charge is 2.34. The first kappa shape index (κ1) is 19.8. The van der Waals surface area contributed by atoms with Crippen molar-refractivity contribution in [2.75, 3.05) is 5.32 Å². The number of hydrogen-bond acceptors (Lipinski definition) is 5. The van der Waals surface area contributed by atoms with Gasteiger partial charge < -0.3 is 11.1 Å². The predicted octanol–water partition coefficient (Wildman–Crippen LogP) is 3.81. The summed E-state index contributed by atoms with van der Waals surface area (Å²) in [5.74, 6) is -0.491. The summed E-state index contributed by atoms with van der Waals surface area (Å²) in [5, 5.41) is 2.58. The molecule has 2 aromatic rings. The Bertz CT molecular complexity index is 916. The van der Waals surface area contributed by atoms with E-state index in [2.05, 4.69) is 20.3 Å². The Morgan fingerprint density at radius 3 is 2.68 bits per heavy atom. The molecule has 148 valence electrons. The number of anilines is 1. The van der Waals surface area contributed by atoms with Gasteiger partial charge in [0, 0.05) is 17.2 Å². The molecule has 1 aliphatic heterocycles. The van der Waals surface area contributed by atoms with Crippen molar-refractivity contribution in [3.8, 4) is 0 Å². The number of rotatable bonds is 4. The number of carbonyl (C=O) groups excluding carboxylic acids is 1. The lowest BCUT2D eigenvalue weighted by Gasteiger charge is -2.33. The molecule has 3 rings (SSSR count). The van der Waals surface area contributed by atoms with Crippen molar-refractivity contribution in [3.05, 3.63) is 53.4 Å². The molecule has 0 saturated carbocycles. The number of carbonyl (C=O) groups is 1. The first-order valence-corrected chi connectivity index (χ1v) is 8.76. The highest BCUT2D eigenvalue weighted by molar-refractivity contribution is 6.02. The highest BCUT2D eigenvalue weighted by Crippen LogP contribution is 2.38. The minimum Gasteiger partial charge on any atom is -0.387 e. The molecular formula is C19H20F3N5O. The zero-order valence-corrected chi connectivity index (χ0v) is 15.4. The lowest BCUT2D eigenvalue weighted by Crippen LogP contribution is -2.35. The molecule has 0 aliphatic carbocycles. The summed E-state index contributed by atoms with van der Waals surface area (Å²) in [6, 6.07) is 4.14. The molecule has 1 aromatic heterocycles. The van der Waals surface area contributed by atoms with E-state index in [-0.39, 0.29) is 11.6 Å². The Hall–Kier alpha value is -2.97. The first-order valence-electron chi connectivity index (χ1n) is 8.76. The van der Waals surface area contributed by atoms with Crippen molar-refractivity contribution in [1.82, 2.24) is 9.97 Å². The fourth-order valence-corrected chi connectivity index (χ4v) is 3.07. The number of hydrogen-bond donors (Lipinski definition) is 2. The van der Waals surface area contributed by atoms with E-state index < -0.39 is 29.4 Å². The van der Waals surface area contributed by atoms with Crippen LogP contribution in [0.4, 0.5) is 18.9 Å². The number of amides is 1. The largest absolute Gasteiger partial charge is 0.387 e. The fraction of sp³-hybridized carbons (Fsp3) is 0.368. The number of alkyl halides is 2. The molecule has 9 heteroatoms. The Morgan fingerprint density at radius 2 is 2.07 bits per heavy atom. The number of benzene rings is 1. The van der Waals surface area contributed by atoms with Crippen LogP contribution in [0.25, 0.3) is 0 Å². The van der Waals surface area contributed by atoms with Gasteiger partial charge in [-0.2, -0.15) is 0 Å². The second kappa shape index (κ2) is 7.57. The van der Waals surface area contributed by atoms with Crippen LogP contribution in [0.3, 0.4) is 0 Å². The molecule has 0 bridgehead atoms. The Balaban J connectivity index is 1.84. The van der Waals surface area contributed by atoms with E-state index in [0.29, 0.717) is 23.5 Å². The molecule has 0 fully saturated rings. The summed E-state index contributed by atoms with van der Waals surface area (Å²) in [6.07, 6.45) is 0.432. The summed E-state index contributed by atoms with van der Waals surface area (Å²) < 4.78 is 39.6. The summed E-state index contributed by atoms with van der Waals surface area (Å²) in [6.45, 7) is 3.76. The molecule has 6 nitrogen and oxygen atoms in total. The van der Waals surface area contributed by atoms with Gasteiger partial charge in [-0.05, 0) is 38.0 Å². The van der Waals surface area contributed by atoms with Crippen molar-refractivity contribution < 1.29 is 18.0 Å². The third-order valence-electron chi connectivity index (χ3n) is 4.88. The van der Waals surface area contributed by atoms with Crippen LogP contribution < -0.4 is 11.1 Å². The monoisotopic (exact) mass is 391 g/mol. The molecule has 0 spiro atoms. The van der Waals surface area contributed by atoms with Crippen LogP contribution in [0.1, 0.15) is 54.9 Å². The Labute approximate surface area is 160 Å². The van der Waals surface area contributed by atoms with Gasteiger partial charge in [-0.1, -0.05) is 6.92 Å². The average Bonchev–Trinajstić information content (AvgIpc) is 2.66. The van der Waals surface area contributed by atoms with E-state index in [1.54, 1.807) is 6.92 Å². The van der Waals surface area contributed by atoms with E-state index >= 15 is 0 Å². The molecule has 3 N–H and O–H groups in total. The maximum atomic E-state index is 14.5. The molecule has 2 atom stereocenters. The Morgan fingerprint density at radius 1 is 1.32 bits per heavy atom. The average molecular weight is 391 g/mol. The minimum atomic E-state index is -2.77. The minimum absolute atomic E-state index is 0.129. The lowest BCUT2D eigenvalue weighted by atomic mass is 9.82. The van der Waals surface area contributed by atoms with Crippen molar-refractivity contribution in [1.29, 1.82) is 0 Å². The molecule has 28 heavy (non-hydrogen) atoms. The zero-order valence-electron chi connectivity index (χ0n) is 15.4. The first-order chi connectivity index (χ1) is 13.2. The van der Waals surface area contributed by atoms with Gasteiger partial charge in [0.15, 0.2) is 0 Å². The third kappa shape index (κ3) is 3.97. The van der Waals surface area contributed by atoms with Crippen molar-refractivity contribution in [3.63, 3.8) is 0 Å². The standard InChI is InChI=1S/C19H20F3N5O/c1-10-5-6-19(2,27-17(10)23)12-7-11(3-4-13(12)20)26-18(28)15-9-24-14(8-25-15)16(21)22/h3-4,7-10,16H,5-6H2,1-2H3,(H2,23,27)(H,26,28)/t10-,19-/m0/s1. The zero-order chi connectivity index (χ0) is 20.5. The van der Waals surface area contributed by atoms with Gasteiger partial charge in [0.25, 0.3) is 12.3 Å². The van der Waals surface area contributed by atoms with E-state index in [4.69, 9.17) is 5.73 Å². The van der Waals surface area contributed by atoms with Crippen LogP contribution in [-0.4, -0.2) is 21.7 Å². The van der Waals surface area contributed by atoms with Gasteiger partial charge in [-0.15, -0.1) is 0 Å². The van der Waals surface area contributed by atoms with E-state index in [1.807, 2.05) is 6.92 Å². The predicted molar refractivity (Wildman–Crippen MR) is 98.7 cm³/mol. The quantitative estimate of drug-likeness (QED) is 0.829. The highest BCUT2D eigenvalue weighted by atomic mass is 19.3. The number of aliphatic imine (C=N–C) groups is 1. The van der Waals surface area contributed by atoms with Crippen molar-refractivity contribution in [2.24, 2.45) is 16.6 Å². The van der Waals surface area contributed by atoms with Crippen LogP contribution in [0, 0.1) is 11.7 Å². The van der Waals surface area contributed by atoms with Gasteiger partial charge in [-0.3, -0.25) is 14.8 Å². The van der Waals surface area contributed by atoms with E-state index in [9.17, 15) is 18.0 Å². The van der Waals surface area contributed by atoms with E-state index in [1.165, 1.54) is 18.2 Å². The van der Waals surface area contributed by atoms with Crippen molar-refractivity contribution in [2.45, 2.75) is 38.7 Å². The number of halogens is 3. The van der Waals surface area contributed by atoms with Crippen LogP contribution in [0.5, 0.6) is 0 Å². The second-order valence-electron chi connectivity index (χ2n) is 7.03. The maximum Gasteiger partial charge on any atom is 0.281 e. The van der Waals surface area contributed by atoms with Gasteiger partial charge in [-0.25, -0.2) is 18.2 Å². The summed E-state index contributed by atoms with van der Waals surface area (Å²) in [4.78, 5) is 24.0. The second-order valence-corrected chi connectivity index (χ2v) is 7.03. The lowest BCUT2D eigenvalue weighted by molar-refractivity contribution is 0.102. The van der Waals surface area contributed by atoms with Crippen LogP contribution in [-0.2, 0) is 5.54 Å². The molecule has 1 amide bonds. The Kier molecular flexibility index (Phi) is 5.35. The van der Waals surface area contributed by atoms with Gasteiger partial charge in [0.05, 0.1) is 23.8 Å². The van der Waals surface area contributed by atoms with Crippen LogP contribution in [0.15, 0.2) is 35.6 Å². The topological polar surface area (TPSA) is 93.3 Å². The van der Waals surface area contributed by atoms with Gasteiger partial charge in [0.2, 0.25) is 0 Å². The number of amidine groups is 1. The van der Waals surface area contributed by atoms with Crippen molar-refractivity contribution >= 4 is 17.4 Å². The third-order valence-corrected chi connectivity index (χ3v) is 4.88.